The van der Waals surface area contributed by atoms with Crippen LogP contribution < -0.4 is 10.5 Å². The van der Waals surface area contributed by atoms with Crippen molar-refractivity contribution in [3.63, 3.8) is 0 Å². The molecule has 18 heavy (non-hydrogen) atoms. The Balaban J connectivity index is 0.00000137. The summed E-state index contributed by atoms with van der Waals surface area (Å²) in [5.41, 5.74) is 7.07. The zero-order valence-corrected chi connectivity index (χ0v) is 11.3. The van der Waals surface area contributed by atoms with Gasteiger partial charge in [0.25, 0.3) is 0 Å². The van der Waals surface area contributed by atoms with E-state index in [4.69, 9.17) is 10.5 Å². The Morgan fingerprint density at radius 1 is 1.50 bits per heavy atom. The molecule has 4 heteroatoms. The molecule has 98 valence electrons. The molecule has 1 aromatic rings. The van der Waals surface area contributed by atoms with Gasteiger partial charge < -0.3 is 10.5 Å². The Kier molecular flexibility index (Phi) is 7.94. The lowest BCUT2D eigenvalue weighted by Gasteiger charge is -2.07. The summed E-state index contributed by atoms with van der Waals surface area (Å²) in [4.78, 5) is 7.99. The normalized spacial score (nSPS) is 10.1. The van der Waals surface area contributed by atoms with Crippen LogP contribution in [0.1, 0.15) is 20.8 Å². The molecule has 0 amide bonds. The first-order chi connectivity index (χ1) is 8.63. The van der Waals surface area contributed by atoms with E-state index in [2.05, 4.69) is 23.1 Å². The van der Waals surface area contributed by atoms with Gasteiger partial charge in [-0.05, 0) is 24.6 Å². The van der Waals surface area contributed by atoms with Crippen LogP contribution in [-0.2, 0) is 0 Å². The van der Waals surface area contributed by atoms with Gasteiger partial charge >= 0.3 is 0 Å². The molecular formula is C14H21N3O. The smallest absolute Gasteiger partial charge is 0.138 e. The number of ether oxygens (including phenoxy) is 1. The van der Waals surface area contributed by atoms with Crippen LogP contribution in [0, 0.1) is 0 Å². The number of hydrogen-bond acceptors (Lipinski definition) is 4. The fourth-order valence-corrected chi connectivity index (χ4v) is 1.01. The van der Waals surface area contributed by atoms with Gasteiger partial charge in [-0.3, -0.25) is 4.99 Å². The first-order valence-corrected chi connectivity index (χ1v) is 5.81. The Morgan fingerprint density at radius 2 is 2.17 bits per heavy atom. The molecule has 4 nitrogen and oxygen atoms in total. The molecule has 1 rings (SSSR count). The Morgan fingerprint density at radius 3 is 2.61 bits per heavy atom. The number of nitrogens with two attached hydrogens (primary N) is 1. The monoisotopic (exact) mass is 247 g/mol. The topological polar surface area (TPSA) is 60.5 Å². The molecule has 0 atom stereocenters. The second-order valence-corrected chi connectivity index (χ2v) is 3.25. The zero-order valence-electron chi connectivity index (χ0n) is 11.3. The average molecular weight is 247 g/mol. The van der Waals surface area contributed by atoms with Crippen molar-refractivity contribution < 1.29 is 4.74 Å². The standard InChI is InChI=1S/C12H15N3O.C2H6/c1-4-14-11(9(2)3)8-16-10-5-6-12(13)15-7-10;1-2/h4-7H,1-2,8H2,3H3,(H2,13,15);1-2H3. The highest BCUT2D eigenvalue weighted by atomic mass is 16.5. The summed E-state index contributed by atoms with van der Waals surface area (Å²) in [5.74, 6) is 1.11. The van der Waals surface area contributed by atoms with Crippen LogP contribution in [-0.4, -0.2) is 17.3 Å². The molecule has 1 aromatic heterocycles. The molecule has 1 heterocycles. The van der Waals surface area contributed by atoms with E-state index >= 15 is 0 Å². The van der Waals surface area contributed by atoms with Gasteiger partial charge in [-0.2, -0.15) is 0 Å². The van der Waals surface area contributed by atoms with E-state index in [0.29, 0.717) is 18.2 Å². The predicted molar refractivity (Wildman–Crippen MR) is 77.9 cm³/mol. The highest BCUT2D eigenvalue weighted by Gasteiger charge is 2.01. The largest absolute Gasteiger partial charge is 0.486 e. The number of nitrogens with zero attached hydrogens (tertiary/aromatic N) is 2. The molecule has 0 bridgehead atoms. The van der Waals surface area contributed by atoms with Gasteiger partial charge in [0.05, 0.1) is 11.9 Å². The van der Waals surface area contributed by atoms with Crippen LogP contribution in [0.25, 0.3) is 0 Å². The SMILES string of the molecule is C=CN=C(COc1ccc(N)nc1)C(=C)C.CC. The maximum atomic E-state index is 5.48. The Hall–Kier alpha value is -2.10. The Bertz CT molecular complexity index is 408. The lowest BCUT2D eigenvalue weighted by Crippen LogP contribution is -2.12. The van der Waals surface area contributed by atoms with Crippen LogP contribution in [0.15, 0.2) is 48.3 Å². The number of pyridine rings is 1. The Labute approximate surface area is 109 Å². The summed E-state index contributed by atoms with van der Waals surface area (Å²) in [6.45, 7) is 13.6. The summed E-state index contributed by atoms with van der Waals surface area (Å²) in [5, 5.41) is 0. The molecule has 0 aliphatic rings. The number of rotatable bonds is 5. The fraction of sp³-hybridized carbons (Fsp3) is 0.286. The van der Waals surface area contributed by atoms with E-state index in [0.717, 1.165) is 11.3 Å². The molecule has 2 N–H and O–H groups in total. The number of nitrogen functional groups attached to an aromatic ring is 1. The molecule has 0 saturated heterocycles. The third-order valence-corrected chi connectivity index (χ3v) is 1.87. The van der Waals surface area contributed by atoms with Gasteiger partial charge in [-0.1, -0.05) is 27.0 Å². The first-order valence-electron chi connectivity index (χ1n) is 5.81. The third-order valence-electron chi connectivity index (χ3n) is 1.87. The quantitative estimate of drug-likeness (QED) is 0.812. The molecule has 0 spiro atoms. The molecule has 0 aliphatic carbocycles. The van der Waals surface area contributed by atoms with Crippen LogP contribution in [0.4, 0.5) is 5.82 Å². The first kappa shape index (κ1) is 15.9. The highest BCUT2D eigenvalue weighted by molar-refractivity contribution is 6.00. The van der Waals surface area contributed by atoms with Crippen molar-refractivity contribution in [2.75, 3.05) is 12.3 Å². The highest BCUT2D eigenvalue weighted by Crippen LogP contribution is 2.10. The maximum absolute atomic E-state index is 5.48. The van der Waals surface area contributed by atoms with Crippen molar-refractivity contribution in [1.82, 2.24) is 4.98 Å². The predicted octanol–water partition coefficient (Wildman–Crippen LogP) is 3.23. The van der Waals surface area contributed by atoms with E-state index in [1.54, 1.807) is 18.3 Å². The number of hydrogen-bond donors (Lipinski definition) is 1. The zero-order chi connectivity index (χ0) is 14.0. The molecule has 0 aliphatic heterocycles. The lowest BCUT2D eigenvalue weighted by molar-refractivity contribution is 0.375. The van der Waals surface area contributed by atoms with Crippen LogP contribution in [0.3, 0.4) is 0 Å². The van der Waals surface area contributed by atoms with E-state index in [1.807, 2.05) is 20.8 Å². The van der Waals surface area contributed by atoms with Gasteiger partial charge in [0.1, 0.15) is 18.2 Å². The molecule has 0 fully saturated rings. The van der Waals surface area contributed by atoms with Gasteiger partial charge in [-0.25, -0.2) is 4.98 Å². The second kappa shape index (κ2) is 8.98. The minimum absolute atomic E-state index is 0.340. The van der Waals surface area contributed by atoms with E-state index in [-0.39, 0.29) is 0 Å². The van der Waals surface area contributed by atoms with E-state index < -0.39 is 0 Å². The third kappa shape index (κ3) is 5.84. The van der Waals surface area contributed by atoms with Crippen molar-refractivity contribution in [2.45, 2.75) is 20.8 Å². The number of aromatic nitrogens is 1. The minimum Gasteiger partial charge on any atom is -0.486 e. The number of aliphatic imine (C=N–C) groups is 1. The van der Waals surface area contributed by atoms with Gasteiger partial charge in [-0.15, -0.1) is 0 Å². The van der Waals surface area contributed by atoms with Gasteiger partial charge in [0.15, 0.2) is 0 Å². The van der Waals surface area contributed by atoms with Crippen LogP contribution >= 0.6 is 0 Å². The molecule has 0 radical (unpaired) electrons. The van der Waals surface area contributed by atoms with Crippen LogP contribution in [0.5, 0.6) is 5.75 Å². The second-order valence-electron chi connectivity index (χ2n) is 3.25. The fourth-order valence-electron chi connectivity index (χ4n) is 1.01. The maximum Gasteiger partial charge on any atom is 0.138 e. The summed E-state index contributed by atoms with van der Waals surface area (Å²) in [7, 11) is 0. The van der Waals surface area contributed by atoms with Crippen molar-refractivity contribution >= 4 is 11.5 Å². The summed E-state index contributed by atoms with van der Waals surface area (Å²) >= 11 is 0. The summed E-state index contributed by atoms with van der Waals surface area (Å²) in [6.07, 6.45) is 3.04. The average Bonchev–Trinajstić information content (AvgIpc) is 2.38. The number of anilines is 1. The summed E-state index contributed by atoms with van der Waals surface area (Å²) < 4.78 is 5.48. The van der Waals surface area contributed by atoms with Crippen molar-refractivity contribution in [1.29, 1.82) is 0 Å². The van der Waals surface area contributed by atoms with Crippen molar-refractivity contribution in [3.8, 4) is 5.75 Å². The molecule has 0 unspecified atom stereocenters. The lowest BCUT2D eigenvalue weighted by atomic mass is 10.2. The van der Waals surface area contributed by atoms with Crippen molar-refractivity contribution in [2.24, 2.45) is 4.99 Å². The van der Waals surface area contributed by atoms with Gasteiger partial charge in [0, 0.05) is 6.20 Å². The van der Waals surface area contributed by atoms with Gasteiger partial charge in [0.2, 0.25) is 0 Å². The summed E-state index contributed by atoms with van der Waals surface area (Å²) in [6, 6.07) is 3.44. The molecule has 0 saturated carbocycles. The molecular weight excluding hydrogens is 226 g/mol. The van der Waals surface area contributed by atoms with Crippen LogP contribution in [0.2, 0.25) is 0 Å². The van der Waals surface area contributed by atoms with E-state index in [1.165, 1.54) is 6.20 Å². The van der Waals surface area contributed by atoms with E-state index in [9.17, 15) is 0 Å². The van der Waals surface area contributed by atoms with Crippen molar-refractivity contribution in [3.05, 3.63) is 43.3 Å². The molecule has 0 aromatic carbocycles. The minimum atomic E-state index is 0.340.